The highest BCUT2D eigenvalue weighted by Crippen LogP contribution is 2.25. The van der Waals surface area contributed by atoms with Gasteiger partial charge >= 0.3 is 0 Å². The zero-order valence-electron chi connectivity index (χ0n) is 11.3. The number of halogens is 2. The molecule has 106 valence electrons. The van der Waals surface area contributed by atoms with Crippen molar-refractivity contribution in [1.29, 1.82) is 0 Å². The molecule has 2 rings (SSSR count). The van der Waals surface area contributed by atoms with Gasteiger partial charge in [-0.15, -0.1) is 0 Å². The molecule has 1 atom stereocenters. The Kier molecular flexibility index (Phi) is 5.07. The van der Waals surface area contributed by atoms with E-state index in [-0.39, 0.29) is 11.9 Å². The molecule has 0 heterocycles. The fraction of sp³-hybridized carbons (Fsp3) is 0.250. The molecule has 20 heavy (non-hydrogen) atoms. The minimum absolute atomic E-state index is 0.0724. The van der Waals surface area contributed by atoms with E-state index >= 15 is 0 Å². The van der Waals surface area contributed by atoms with Gasteiger partial charge in [-0.3, -0.25) is 0 Å². The normalized spacial score (nSPS) is 12.2. The van der Waals surface area contributed by atoms with Crippen LogP contribution in [0.4, 0.5) is 8.78 Å². The third-order valence-corrected chi connectivity index (χ3v) is 2.91. The van der Waals surface area contributed by atoms with Gasteiger partial charge in [0.2, 0.25) is 0 Å². The zero-order valence-corrected chi connectivity index (χ0v) is 11.3. The summed E-state index contributed by atoms with van der Waals surface area (Å²) < 4.78 is 32.5. The smallest absolute Gasteiger partial charge is 0.165 e. The van der Waals surface area contributed by atoms with Gasteiger partial charge in [-0.25, -0.2) is 8.78 Å². The lowest BCUT2D eigenvalue weighted by Crippen LogP contribution is -2.25. The Morgan fingerprint density at radius 1 is 1.10 bits per heavy atom. The van der Waals surface area contributed by atoms with Gasteiger partial charge in [0.1, 0.15) is 11.9 Å². The number of likely N-dealkylation sites (N-methyl/N-ethyl adjacent to an activating group) is 1. The first-order chi connectivity index (χ1) is 9.70. The number of ether oxygens (including phenoxy) is 1. The highest BCUT2D eigenvalue weighted by atomic mass is 19.1. The molecule has 4 heteroatoms. The lowest BCUT2D eigenvalue weighted by atomic mass is 10.1. The highest BCUT2D eigenvalue weighted by molar-refractivity contribution is 5.27. The first kappa shape index (κ1) is 14.5. The molecule has 0 aliphatic rings. The molecule has 2 aromatic carbocycles. The number of benzene rings is 2. The second kappa shape index (κ2) is 7.01. The van der Waals surface area contributed by atoms with E-state index in [0.717, 1.165) is 30.3 Å². The van der Waals surface area contributed by atoms with Crippen LogP contribution in [0.25, 0.3) is 0 Å². The van der Waals surface area contributed by atoms with Gasteiger partial charge in [-0.1, -0.05) is 37.3 Å². The predicted octanol–water partition coefficient (Wildman–Crippen LogP) is 3.69. The summed E-state index contributed by atoms with van der Waals surface area (Å²) in [5, 5.41) is 3.16. The molecule has 2 aromatic rings. The van der Waals surface area contributed by atoms with Gasteiger partial charge in [0.05, 0.1) is 0 Å². The van der Waals surface area contributed by atoms with Crippen molar-refractivity contribution >= 4 is 0 Å². The summed E-state index contributed by atoms with van der Waals surface area (Å²) in [6.45, 7) is 3.28. The summed E-state index contributed by atoms with van der Waals surface area (Å²) in [5.74, 6) is -1.16. The highest BCUT2D eigenvalue weighted by Gasteiger charge is 2.15. The third kappa shape index (κ3) is 3.78. The van der Waals surface area contributed by atoms with E-state index in [1.165, 1.54) is 0 Å². The van der Waals surface area contributed by atoms with E-state index in [1.807, 2.05) is 37.3 Å². The van der Waals surface area contributed by atoms with Crippen LogP contribution in [0.15, 0.2) is 48.5 Å². The molecule has 0 spiro atoms. The molecule has 0 aliphatic heterocycles. The summed E-state index contributed by atoms with van der Waals surface area (Å²) in [6, 6.07) is 12.7. The monoisotopic (exact) mass is 277 g/mol. The predicted molar refractivity (Wildman–Crippen MR) is 74.7 cm³/mol. The molecule has 0 amide bonds. The minimum Gasteiger partial charge on any atom is -0.481 e. The second-order valence-corrected chi connectivity index (χ2v) is 4.40. The summed E-state index contributed by atoms with van der Waals surface area (Å²) in [4.78, 5) is 0. The second-order valence-electron chi connectivity index (χ2n) is 4.40. The SMILES string of the molecule is CCNCC(Oc1cc(F)ccc1F)c1ccccc1. The van der Waals surface area contributed by atoms with Gasteiger partial charge in [-0.05, 0) is 24.2 Å². The van der Waals surface area contributed by atoms with Gasteiger partial charge in [0, 0.05) is 12.6 Å². The van der Waals surface area contributed by atoms with E-state index in [2.05, 4.69) is 5.32 Å². The van der Waals surface area contributed by atoms with Crippen molar-refractivity contribution in [1.82, 2.24) is 5.32 Å². The largest absolute Gasteiger partial charge is 0.481 e. The molecule has 0 aliphatic carbocycles. The quantitative estimate of drug-likeness (QED) is 0.869. The van der Waals surface area contributed by atoms with Crippen molar-refractivity contribution in [2.75, 3.05) is 13.1 Å². The number of hydrogen-bond acceptors (Lipinski definition) is 2. The molecule has 0 saturated heterocycles. The number of hydrogen-bond donors (Lipinski definition) is 1. The minimum atomic E-state index is -0.566. The lowest BCUT2D eigenvalue weighted by Gasteiger charge is -2.20. The van der Waals surface area contributed by atoms with Crippen LogP contribution in [0.3, 0.4) is 0 Å². The molecular weight excluding hydrogens is 260 g/mol. The zero-order chi connectivity index (χ0) is 14.4. The Balaban J connectivity index is 2.21. The molecule has 0 aromatic heterocycles. The molecule has 0 saturated carbocycles. The van der Waals surface area contributed by atoms with Gasteiger partial charge in [0.25, 0.3) is 0 Å². The van der Waals surface area contributed by atoms with E-state index in [9.17, 15) is 8.78 Å². The molecule has 1 unspecified atom stereocenters. The van der Waals surface area contributed by atoms with Crippen molar-refractivity contribution in [3.05, 3.63) is 65.7 Å². The lowest BCUT2D eigenvalue weighted by molar-refractivity contribution is 0.193. The Labute approximate surface area is 117 Å². The summed E-state index contributed by atoms with van der Waals surface area (Å²) in [6.07, 6.45) is -0.368. The maximum absolute atomic E-state index is 13.7. The van der Waals surface area contributed by atoms with Crippen LogP contribution < -0.4 is 10.1 Å². The maximum Gasteiger partial charge on any atom is 0.165 e. The summed E-state index contributed by atoms with van der Waals surface area (Å²) in [7, 11) is 0. The third-order valence-electron chi connectivity index (χ3n) is 2.91. The molecule has 0 fully saturated rings. The first-order valence-corrected chi connectivity index (χ1v) is 6.58. The average molecular weight is 277 g/mol. The van der Waals surface area contributed by atoms with Crippen LogP contribution >= 0.6 is 0 Å². The van der Waals surface area contributed by atoms with Crippen molar-refractivity contribution < 1.29 is 13.5 Å². The number of nitrogens with one attached hydrogen (secondary N) is 1. The fourth-order valence-corrected chi connectivity index (χ4v) is 1.89. The standard InChI is InChI=1S/C16H17F2NO/c1-2-19-11-16(12-6-4-3-5-7-12)20-15-10-13(17)8-9-14(15)18/h3-10,16,19H,2,11H2,1H3. The van der Waals surface area contributed by atoms with Gasteiger partial charge in [0.15, 0.2) is 11.6 Å². The van der Waals surface area contributed by atoms with Crippen LogP contribution in [0.1, 0.15) is 18.6 Å². The van der Waals surface area contributed by atoms with Crippen LogP contribution in [0.5, 0.6) is 5.75 Å². The van der Waals surface area contributed by atoms with E-state index in [0.29, 0.717) is 6.54 Å². The Hall–Kier alpha value is -1.94. The van der Waals surface area contributed by atoms with Crippen molar-refractivity contribution in [2.24, 2.45) is 0 Å². The van der Waals surface area contributed by atoms with Crippen molar-refractivity contribution in [2.45, 2.75) is 13.0 Å². The van der Waals surface area contributed by atoms with Crippen LogP contribution in [-0.2, 0) is 0 Å². The molecule has 0 bridgehead atoms. The molecule has 0 radical (unpaired) electrons. The molecule has 2 nitrogen and oxygen atoms in total. The van der Waals surface area contributed by atoms with Crippen LogP contribution in [0, 0.1) is 11.6 Å². The Morgan fingerprint density at radius 2 is 1.85 bits per heavy atom. The number of rotatable bonds is 6. The van der Waals surface area contributed by atoms with E-state index < -0.39 is 11.6 Å². The summed E-state index contributed by atoms with van der Waals surface area (Å²) in [5.41, 5.74) is 0.914. The first-order valence-electron chi connectivity index (χ1n) is 6.58. The molecule has 1 N–H and O–H groups in total. The Bertz CT molecular complexity index is 545. The van der Waals surface area contributed by atoms with Gasteiger partial charge < -0.3 is 10.1 Å². The maximum atomic E-state index is 13.7. The average Bonchev–Trinajstić information content (AvgIpc) is 2.48. The van der Waals surface area contributed by atoms with Gasteiger partial charge in [-0.2, -0.15) is 0 Å². The van der Waals surface area contributed by atoms with E-state index in [1.54, 1.807) is 0 Å². The van der Waals surface area contributed by atoms with Crippen LogP contribution in [0.2, 0.25) is 0 Å². The summed E-state index contributed by atoms with van der Waals surface area (Å²) >= 11 is 0. The topological polar surface area (TPSA) is 21.3 Å². The molecular formula is C16H17F2NO. The Morgan fingerprint density at radius 3 is 2.55 bits per heavy atom. The van der Waals surface area contributed by atoms with Crippen molar-refractivity contribution in [3.8, 4) is 5.75 Å². The van der Waals surface area contributed by atoms with Crippen LogP contribution in [-0.4, -0.2) is 13.1 Å². The van der Waals surface area contributed by atoms with E-state index in [4.69, 9.17) is 4.74 Å². The van der Waals surface area contributed by atoms with Crippen molar-refractivity contribution in [3.63, 3.8) is 0 Å². The fourth-order valence-electron chi connectivity index (χ4n) is 1.89.